The number of rotatable bonds is 3. The molecule has 0 spiro atoms. The lowest BCUT2D eigenvalue weighted by molar-refractivity contribution is -0.132. The number of hydrogen-bond donors (Lipinski definition) is 1. The lowest BCUT2D eigenvalue weighted by atomic mass is 9.99. The lowest BCUT2D eigenvalue weighted by Crippen LogP contribution is -2.30. The minimum absolute atomic E-state index is 0.0898. The third-order valence-corrected chi connectivity index (χ3v) is 5.24. The fourth-order valence-corrected chi connectivity index (χ4v) is 3.81. The second-order valence-corrected chi connectivity index (χ2v) is 7.14. The van der Waals surface area contributed by atoms with Crippen molar-refractivity contribution in [1.29, 1.82) is 0 Å². The Morgan fingerprint density at radius 3 is 2.53 bits per heavy atom. The molecule has 1 saturated heterocycles. The van der Waals surface area contributed by atoms with Gasteiger partial charge in [-0.2, -0.15) is 0 Å². The Bertz CT molecular complexity index is 1270. The molecule has 0 radical (unpaired) electrons. The molecule has 1 amide bonds. The Hall–Kier alpha value is -4.14. The highest BCUT2D eigenvalue weighted by atomic mass is 19.1. The van der Waals surface area contributed by atoms with Gasteiger partial charge in [0.2, 0.25) is 0 Å². The van der Waals surface area contributed by atoms with Gasteiger partial charge in [0.25, 0.3) is 11.7 Å². The highest BCUT2D eigenvalue weighted by molar-refractivity contribution is 6.51. The van der Waals surface area contributed by atoms with E-state index in [-0.39, 0.29) is 16.9 Å². The Balaban J connectivity index is 1.70. The third kappa shape index (κ3) is 3.09. The van der Waals surface area contributed by atoms with Gasteiger partial charge in [0, 0.05) is 11.6 Å². The molecule has 9 heteroatoms. The number of amides is 1. The van der Waals surface area contributed by atoms with E-state index < -0.39 is 40.8 Å². The van der Waals surface area contributed by atoms with Gasteiger partial charge in [-0.1, -0.05) is 0 Å². The predicted octanol–water partition coefficient (Wildman–Crippen LogP) is 3.96. The van der Waals surface area contributed by atoms with Crippen LogP contribution >= 0.6 is 0 Å². The van der Waals surface area contributed by atoms with E-state index in [1.807, 2.05) is 0 Å². The molecule has 2 aromatic carbocycles. The van der Waals surface area contributed by atoms with Crippen molar-refractivity contribution in [3.63, 3.8) is 0 Å². The SMILES string of the molecule is O=C1C(=O)N(c2cc(F)ccc2F)C(c2ccco2)/C1=C(/O)c1ccc2c(c1)OCCO2. The number of Topliss-reactive ketones (excluding diaryl/α,β-unsaturated/α-hetero) is 1. The van der Waals surface area contributed by atoms with Crippen molar-refractivity contribution >= 4 is 23.1 Å². The van der Waals surface area contributed by atoms with E-state index in [0.29, 0.717) is 24.7 Å². The molecule has 2 aliphatic heterocycles. The molecule has 1 fully saturated rings. The summed E-state index contributed by atoms with van der Waals surface area (Å²) in [5.74, 6) is -3.50. The molecule has 0 aliphatic carbocycles. The second kappa shape index (κ2) is 7.52. The van der Waals surface area contributed by atoms with Crippen LogP contribution in [0.5, 0.6) is 11.5 Å². The standard InChI is InChI=1S/C23H15F2NO6/c24-13-4-5-14(25)15(11-13)26-20(17-2-1-7-30-17)19(22(28)23(26)29)21(27)12-3-6-16-18(10-12)32-9-8-31-16/h1-7,10-11,20,27H,8-9H2/b21-19-. The Kier molecular flexibility index (Phi) is 4.66. The van der Waals surface area contributed by atoms with Crippen LogP contribution in [-0.4, -0.2) is 30.0 Å². The molecule has 32 heavy (non-hydrogen) atoms. The van der Waals surface area contributed by atoms with Crippen molar-refractivity contribution in [3.05, 3.63) is 83.3 Å². The van der Waals surface area contributed by atoms with Crippen LogP contribution in [0.25, 0.3) is 5.76 Å². The smallest absolute Gasteiger partial charge is 0.300 e. The molecule has 1 N–H and O–H groups in total. The molecular formula is C23H15F2NO6. The number of hydrogen-bond acceptors (Lipinski definition) is 6. The number of nitrogens with zero attached hydrogens (tertiary/aromatic N) is 1. The van der Waals surface area contributed by atoms with Crippen LogP contribution in [0.1, 0.15) is 17.4 Å². The molecule has 1 unspecified atom stereocenters. The number of halogens is 2. The fraction of sp³-hybridized carbons (Fsp3) is 0.130. The summed E-state index contributed by atoms with van der Waals surface area (Å²) in [7, 11) is 0. The van der Waals surface area contributed by atoms with E-state index in [9.17, 15) is 23.5 Å². The van der Waals surface area contributed by atoms with Crippen LogP contribution in [0, 0.1) is 11.6 Å². The Morgan fingerprint density at radius 2 is 1.78 bits per heavy atom. The number of anilines is 1. The first-order chi connectivity index (χ1) is 15.5. The lowest BCUT2D eigenvalue weighted by Gasteiger charge is -2.24. The molecule has 1 aromatic heterocycles. The number of ketones is 1. The molecule has 0 saturated carbocycles. The number of carbonyl (C=O) groups excluding carboxylic acids is 2. The number of aliphatic hydroxyl groups is 1. The van der Waals surface area contributed by atoms with Gasteiger partial charge < -0.3 is 19.0 Å². The van der Waals surface area contributed by atoms with Gasteiger partial charge in [-0.05, 0) is 42.5 Å². The first-order valence-electron chi connectivity index (χ1n) is 9.65. The normalized spacial score (nSPS) is 19.4. The van der Waals surface area contributed by atoms with Crippen molar-refractivity contribution in [1.82, 2.24) is 0 Å². The molecule has 162 valence electrons. The first-order valence-corrected chi connectivity index (χ1v) is 9.65. The summed E-state index contributed by atoms with van der Waals surface area (Å²) < 4.78 is 44.8. The maximum Gasteiger partial charge on any atom is 0.300 e. The average Bonchev–Trinajstić information content (AvgIpc) is 3.42. The summed E-state index contributed by atoms with van der Waals surface area (Å²) in [5.41, 5.74) is -0.594. The topological polar surface area (TPSA) is 89.2 Å². The minimum atomic E-state index is -1.31. The third-order valence-electron chi connectivity index (χ3n) is 5.24. The van der Waals surface area contributed by atoms with Gasteiger partial charge in [0.05, 0.1) is 17.5 Å². The number of fused-ring (bicyclic) bond motifs is 1. The fourth-order valence-electron chi connectivity index (χ4n) is 3.81. The summed E-state index contributed by atoms with van der Waals surface area (Å²) in [6.45, 7) is 0.688. The van der Waals surface area contributed by atoms with E-state index in [4.69, 9.17) is 13.9 Å². The molecule has 7 nitrogen and oxygen atoms in total. The van der Waals surface area contributed by atoms with Crippen molar-refractivity contribution in [2.24, 2.45) is 0 Å². The molecule has 5 rings (SSSR count). The van der Waals surface area contributed by atoms with Gasteiger partial charge in [0.1, 0.15) is 42.4 Å². The summed E-state index contributed by atoms with van der Waals surface area (Å²) in [5, 5.41) is 11.0. The molecule has 3 aromatic rings. The largest absolute Gasteiger partial charge is 0.507 e. The van der Waals surface area contributed by atoms with E-state index in [1.54, 1.807) is 6.07 Å². The molecule has 2 aliphatic rings. The van der Waals surface area contributed by atoms with E-state index in [0.717, 1.165) is 23.1 Å². The predicted molar refractivity (Wildman–Crippen MR) is 107 cm³/mol. The van der Waals surface area contributed by atoms with Gasteiger partial charge in [-0.15, -0.1) is 0 Å². The zero-order chi connectivity index (χ0) is 22.4. The maximum absolute atomic E-state index is 14.6. The monoisotopic (exact) mass is 439 g/mol. The summed E-state index contributed by atoms with van der Waals surface area (Å²) in [6, 6.07) is 8.76. The van der Waals surface area contributed by atoms with Gasteiger partial charge in [0.15, 0.2) is 11.5 Å². The number of aliphatic hydroxyl groups excluding tert-OH is 1. The molecular weight excluding hydrogens is 424 g/mol. The first kappa shape index (κ1) is 19.8. The van der Waals surface area contributed by atoms with Gasteiger partial charge in [-0.3, -0.25) is 14.5 Å². The van der Waals surface area contributed by atoms with Gasteiger partial charge >= 0.3 is 0 Å². The van der Waals surface area contributed by atoms with Crippen molar-refractivity contribution in [3.8, 4) is 11.5 Å². The quantitative estimate of drug-likeness (QED) is 0.378. The van der Waals surface area contributed by atoms with E-state index in [2.05, 4.69) is 0 Å². The van der Waals surface area contributed by atoms with Crippen molar-refractivity contribution in [2.45, 2.75) is 6.04 Å². The van der Waals surface area contributed by atoms with Crippen molar-refractivity contribution < 1.29 is 37.4 Å². The summed E-state index contributed by atoms with van der Waals surface area (Å²) >= 11 is 0. The molecule has 0 bridgehead atoms. The van der Waals surface area contributed by atoms with Crippen LogP contribution in [-0.2, 0) is 9.59 Å². The Labute approximate surface area is 180 Å². The van der Waals surface area contributed by atoms with Crippen LogP contribution in [0.4, 0.5) is 14.5 Å². The zero-order valence-electron chi connectivity index (χ0n) is 16.4. The number of furan rings is 1. The maximum atomic E-state index is 14.6. The summed E-state index contributed by atoms with van der Waals surface area (Å²) in [6.07, 6.45) is 1.31. The van der Waals surface area contributed by atoms with Gasteiger partial charge in [-0.25, -0.2) is 8.78 Å². The summed E-state index contributed by atoms with van der Waals surface area (Å²) in [4.78, 5) is 26.7. The van der Waals surface area contributed by atoms with Crippen molar-refractivity contribution in [2.75, 3.05) is 18.1 Å². The van der Waals surface area contributed by atoms with Crippen LogP contribution in [0.3, 0.4) is 0 Å². The minimum Gasteiger partial charge on any atom is -0.507 e. The average molecular weight is 439 g/mol. The van der Waals surface area contributed by atoms with E-state index in [1.165, 1.54) is 30.5 Å². The van der Waals surface area contributed by atoms with Crippen LogP contribution in [0.2, 0.25) is 0 Å². The Morgan fingerprint density at radius 1 is 1.00 bits per heavy atom. The van der Waals surface area contributed by atoms with Crippen LogP contribution in [0.15, 0.2) is 64.8 Å². The van der Waals surface area contributed by atoms with Crippen LogP contribution < -0.4 is 14.4 Å². The number of benzene rings is 2. The van der Waals surface area contributed by atoms with E-state index >= 15 is 0 Å². The molecule has 3 heterocycles. The molecule has 1 atom stereocenters. The number of ether oxygens (including phenoxy) is 2. The number of carbonyl (C=O) groups is 2. The highest BCUT2D eigenvalue weighted by Gasteiger charge is 2.49. The highest BCUT2D eigenvalue weighted by Crippen LogP contribution is 2.44. The zero-order valence-corrected chi connectivity index (χ0v) is 16.4. The second-order valence-electron chi connectivity index (χ2n) is 7.14.